The van der Waals surface area contributed by atoms with E-state index in [4.69, 9.17) is 9.84 Å². The fourth-order valence-electron chi connectivity index (χ4n) is 1.29. The lowest BCUT2D eigenvalue weighted by molar-refractivity contribution is -0.137. The average molecular weight is 249 g/mol. The molecule has 0 bridgehead atoms. The molecule has 1 aromatic carbocycles. The Kier molecular flexibility index (Phi) is 5.44. The smallest absolute Gasteiger partial charge is 0.322 e. The van der Waals surface area contributed by atoms with Crippen molar-refractivity contribution in [2.24, 2.45) is 0 Å². The zero-order valence-electron chi connectivity index (χ0n) is 10.1. The number of amides is 1. The van der Waals surface area contributed by atoms with Crippen molar-refractivity contribution < 1.29 is 19.4 Å². The molecule has 1 rings (SSSR count). The first-order valence-electron chi connectivity index (χ1n) is 5.53. The van der Waals surface area contributed by atoms with Gasteiger partial charge in [-0.15, -0.1) is 0 Å². The number of para-hydroxylation sites is 1. The molecule has 0 atom stereocenters. The van der Waals surface area contributed by atoms with Crippen LogP contribution in [0.2, 0.25) is 0 Å². The monoisotopic (exact) mass is 249 g/mol. The Morgan fingerprint density at radius 2 is 2.11 bits per heavy atom. The maximum absolute atomic E-state index is 11.3. The fourth-order valence-corrected chi connectivity index (χ4v) is 1.29. The molecular weight excluding hydrogens is 234 g/mol. The molecule has 96 valence electrons. The van der Waals surface area contributed by atoms with E-state index in [9.17, 15) is 9.59 Å². The Bertz CT molecular complexity index is 454. The summed E-state index contributed by atoms with van der Waals surface area (Å²) in [5.41, 5.74) is 0.768. The van der Waals surface area contributed by atoms with E-state index in [0.29, 0.717) is 12.4 Å². The van der Waals surface area contributed by atoms with Crippen molar-refractivity contribution in [3.05, 3.63) is 35.9 Å². The number of rotatable bonds is 6. The normalized spacial score (nSPS) is 10.3. The van der Waals surface area contributed by atoms with Gasteiger partial charge in [-0.25, -0.2) is 0 Å². The van der Waals surface area contributed by atoms with Crippen LogP contribution in [0.1, 0.15) is 12.5 Å². The molecule has 0 radical (unpaired) electrons. The predicted octanol–water partition coefficient (Wildman–Crippen LogP) is 1.30. The molecule has 18 heavy (non-hydrogen) atoms. The number of carbonyl (C=O) groups is 2. The van der Waals surface area contributed by atoms with Gasteiger partial charge in [-0.3, -0.25) is 9.59 Å². The van der Waals surface area contributed by atoms with Gasteiger partial charge in [-0.2, -0.15) is 0 Å². The molecule has 2 N–H and O–H groups in total. The summed E-state index contributed by atoms with van der Waals surface area (Å²) in [6.45, 7) is 2.02. The Balaban J connectivity index is 2.65. The van der Waals surface area contributed by atoms with E-state index in [1.54, 1.807) is 12.1 Å². The number of carboxylic acids is 1. The number of benzene rings is 1. The molecule has 5 heteroatoms. The minimum absolute atomic E-state index is 0.393. The highest BCUT2D eigenvalue weighted by molar-refractivity contribution is 5.93. The molecule has 1 amide bonds. The van der Waals surface area contributed by atoms with Crippen molar-refractivity contribution >= 4 is 18.0 Å². The number of carbonyl (C=O) groups excluding carboxylic acids is 1. The fraction of sp³-hybridized carbons (Fsp3) is 0.231. The summed E-state index contributed by atoms with van der Waals surface area (Å²) >= 11 is 0. The molecule has 0 unspecified atom stereocenters. The van der Waals surface area contributed by atoms with Crippen molar-refractivity contribution in [1.82, 2.24) is 5.32 Å². The Hall–Kier alpha value is -2.30. The molecule has 0 aliphatic rings. The summed E-state index contributed by atoms with van der Waals surface area (Å²) in [7, 11) is 0. The highest BCUT2D eigenvalue weighted by Crippen LogP contribution is 2.19. The first kappa shape index (κ1) is 13.8. The Labute approximate surface area is 105 Å². The van der Waals surface area contributed by atoms with Crippen LogP contribution in [-0.2, 0) is 9.59 Å². The number of carboxylic acid groups (broad SMARTS) is 1. The van der Waals surface area contributed by atoms with Crippen molar-refractivity contribution in [1.29, 1.82) is 0 Å². The van der Waals surface area contributed by atoms with Crippen LogP contribution in [-0.4, -0.2) is 30.1 Å². The molecule has 0 saturated carbocycles. The summed E-state index contributed by atoms with van der Waals surface area (Å²) in [4.78, 5) is 21.5. The average Bonchev–Trinajstić information content (AvgIpc) is 2.35. The third kappa shape index (κ3) is 4.69. The van der Waals surface area contributed by atoms with Gasteiger partial charge in [0.05, 0.1) is 6.61 Å². The van der Waals surface area contributed by atoms with Gasteiger partial charge < -0.3 is 15.2 Å². The number of aliphatic carboxylic acids is 1. The predicted molar refractivity (Wildman–Crippen MR) is 67.3 cm³/mol. The van der Waals surface area contributed by atoms with Crippen LogP contribution in [0.4, 0.5) is 0 Å². The molecule has 0 aromatic heterocycles. The molecule has 0 aliphatic carbocycles. The van der Waals surface area contributed by atoms with E-state index in [-0.39, 0.29) is 0 Å². The first-order valence-corrected chi connectivity index (χ1v) is 5.53. The van der Waals surface area contributed by atoms with Gasteiger partial charge in [0.2, 0.25) is 5.91 Å². The lowest BCUT2D eigenvalue weighted by atomic mass is 10.2. The molecule has 1 aromatic rings. The number of ether oxygens (including phenoxy) is 1. The van der Waals surface area contributed by atoms with Crippen LogP contribution in [0.5, 0.6) is 5.75 Å². The van der Waals surface area contributed by atoms with Crippen molar-refractivity contribution in [2.75, 3.05) is 13.2 Å². The lowest BCUT2D eigenvalue weighted by Gasteiger charge is -2.06. The maximum Gasteiger partial charge on any atom is 0.322 e. The number of nitrogens with one attached hydrogen (secondary N) is 1. The van der Waals surface area contributed by atoms with Gasteiger partial charge in [0, 0.05) is 11.6 Å². The van der Waals surface area contributed by atoms with Crippen LogP contribution in [0.3, 0.4) is 0 Å². The Morgan fingerprint density at radius 1 is 1.39 bits per heavy atom. The second-order valence-corrected chi connectivity index (χ2v) is 3.42. The molecule has 0 fully saturated rings. The van der Waals surface area contributed by atoms with Crippen molar-refractivity contribution in [2.45, 2.75) is 6.92 Å². The van der Waals surface area contributed by atoms with Crippen LogP contribution in [0.25, 0.3) is 6.08 Å². The first-order chi connectivity index (χ1) is 8.63. The van der Waals surface area contributed by atoms with Gasteiger partial charge in [0.15, 0.2) is 0 Å². The minimum atomic E-state index is -1.08. The van der Waals surface area contributed by atoms with Crippen LogP contribution >= 0.6 is 0 Å². The van der Waals surface area contributed by atoms with Crippen LogP contribution in [0.15, 0.2) is 30.3 Å². The maximum atomic E-state index is 11.3. The zero-order chi connectivity index (χ0) is 13.4. The number of hydrogen-bond donors (Lipinski definition) is 2. The molecule has 0 spiro atoms. The zero-order valence-corrected chi connectivity index (χ0v) is 10.1. The quantitative estimate of drug-likeness (QED) is 0.745. The van der Waals surface area contributed by atoms with E-state index in [1.165, 1.54) is 6.08 Å². The highest BCUT2D eigenvalue weighted by Gasteiger charge is 2.01. The van der Waals surface area contributed by atoms with E-state index >= 15 is 0 Å². The van der Waals surface area contributed by atoms with Gasteiger partial charge >= 0.3 is 5.97 Å². The lowest BCUT2D eigenvalue weighted by Crippen LogP contribution is -2.27. The minimum Gasteiger partial charge on any atom is -0.493 e. The third-order valence-electron chi connectivity index (χ3n) is 2.05. The van der Waals surface area contributed by atoms with E-state index in [0.717, 1.165) is 5.56 Å². The van der Waals surface area contributed by atoms with E-state index < -0.39 is 18.4 Å². The Morgan fingerprint density at radius 3 is 2.78 bits per heavy atom. The van der Waals surface area contributed by atoms with Gasteiger partial charge in [-0.05, 0) is 19.1 Å². The summed E-state index contributed by atoms with van der Waals surface area (Å²) in [6.07, 6.45) is 2.86. The second kappa shape index (κ2) is 7.11. The summed E-state index contributed by atoms with van der Waals surface area (Å²) in [5, 5.41) is 10.6. The molecule has 0 saturated heterocycles. The SMILES string of the molecule is CCOc1ccccc1/C=C/C(=O)NCC(=O)O. The third-order valence-corrected chi connectivity index (χ3v) is 2.05. The summed E-state index contributed by atoms with van der Waals surface area (Å²) < 4.78 is 5.39. The standard InChI is InChI=1S/C13H15NO4/c1-2-18-11-6-4-3-5-10(11)7-8-12(15)14-9-13(16)17/h3-8H,2,9H2,1H3,(H,14,15)(H,16,17)/b8-7+. The van der Waals surface area contributed by atoms with Crippen LogP contribution in [0, 0.1) is 0 Å². The topological polar surface area (TPSA) is 75.6 Å². The van der Waals surface area contributed by atoms with Crippen LogP contribution < -0.4 is 10.1 Å². The van der Waals surface area contributed by atoms with E-state index in [1.807, 2.05) is 25.1 Å². The molecule has 0 heterocycles. The molecular formula is C13H15NO4. The number of hydrogen-bond acceptors (Lipinski definition) is 3. The summed E-state index contributed by atoms with van der Waals surface area (Å²) in [6, 6.07) is 7.29. The van der Waals surface area contributed by atoms with Gasteiger partial charge in [-0.1, -0.05) is 18.2 Å². The van der Waals surface area contributed by atoms with Crippen molar-refractivity contribution in [3.63, 3.8) is 0 Å². The molecule has 5 nitrogen and oxygen atoms in total. The second-order valence-electron chi connectivity index (χ2n) is 3.42. The van der Waals surface area contributed by atoms with Crippen molar-refractivity contribution in [3.8, 4) is 5.75 Å². The highest BCUT2D eigenvalue weighted by atomic mass is 16.5. The largest absolute Gasteiger partial charge is 0.493 e. The van der Waals surface area contributed by atoms with Gasteiger partial charge in [0.25, 0.3) is 0 Å². The summed E-state index contributed by atoms with van der Waals surface area (Å²) in [5.74, 6) is -0.850. The molecule has 0 aliphatic heterocycles. The van der Waals surface area contributed by atoms with E-state index in [2.05, 4.69) is 5.32 Å². The van der Waals surface area contributed by atoms with Gasteiger partial charge in [0.1, 0.15) is 12.3 Å².